The van der Waals surface area contributed by atoms with E-state index in [0.29, 0.717) is 18.5 Å². The van der Waals surface area contributed by atoms with Crippen molar-refractivity contribution in [3.63, 3.8) is 0 Å². The second-order valence-electron chi connectivity index (χ2n) is 4.84. The SMILES string of the molecule is NCC1(Cc2ccc([N+](=O)[O-])cc2[N+](=O)[O-])CCCS1. The molecule has 1 heterocycles. The number of hydrogen-bond acceptors (Lipinski definition) is 6. The predicted octanol–water partition coefficient (Wildman–Crippen LogP) is 2.27. The molecule has 1 saturated heterocycles. The van der Waals surface area contributed by atoms with E-state index in [0.717, 1.165) is 24.7 Å². The molecule has 1 aromatic carbocycles. The van der Waals surface area contributed by atoms with Gasteiger partial charge in [0, 0.05) is 22.9 Å². The van der Waals surface area contributed by atoms with Gasteiger partial charge in [-0.05, 0) is 31.1 Å². The van der Waals surface area contributed by atoms with Gasteiger partial charge in [0.25, 0.3) is 11.4 Å². The summed E-state index contributed by atoms with van der Waals surface area (Å²) in [6.45, 7) is 0.450. The van der Waals surface area contributed by atoms with Crippen molar-refractivity contribution >= 4 is 23.1 Å². The fourth-order valence-corrected chi connectivity index (χ4v) is 3.85. The molecular weight excluding hydrogens is 282 g/mol. The highest BCUT2D eigenvalue weighted by Crippen LogP contribution is 2.41. The maximum Gasteiger partial charge on any atom is 0.279 e. The molecular formula is C12H15N3O4S. The van der Waals surface area contributed by atoms with Gasteiger partial charge < -0.3 is 5.73 Å². The van der Waals surface area contributed by atoms with E-state index in [9.17, 15) is 20.2 Å². The molecule has 8 heteroatoms. The van der Waals surface area contributed by atoms with Gasteiger partial charge in [0.15, 0.2) is 0 Å². The summed E-state index contributed by atoms with van der Waals surface area (Å²) in [5, 5.41) is 21.8. The lowest BCUT2D eigenvalue weighted by Crippen LogP contribution is -2.34. The van der Waals surface area contributed by atoms with Crippen LogP contribution in [0.2, 0.25) is 0 Å². The Morgan fingerprint density at radius 1 is 1.30 bits per heavy atom. The van der Waals surface area contributed by atoms with Crippen LogP contribution in [0.4, 0.5) is 11.4 Å². The van der Waals surface area contributed by atoms with Crippen molar-refractivity contribution in [1.82, 2.24) is 0 Å². The summed E-state index contributed by atoms with van der Waals surface area (Å²) in [6.07, 6.45) is 2.44. The second kappa shape index (κ2) is 5.76. The predicted molar refractivity (Wildman–Crippen MR) is 76.9 cm³/mol. The summed E-state index contributed by atoms with van der Waals surface area (Å²) in [5.74, 6) is 0.998. The second-order valence-corrected chi connectivity index (χ2v) is 6.41. The molecule has 1 unspecified atom stereocenters. The number of hydrogen-bond donors (Lipinski definition) is 1. The number of non-ortho nitro benzene ring substituents is 1. The molecule has 0 saturated carbocycles. The Hall–Kier alpha value is -1.67. The molecule has 1 aliphatic rings. The first kappa shape index (κ1) is 14.7. The van der Waals surface area contributed by atoms with Crippen molar-refractivity contribution < 1.29 is 9.85 Å². The van der Waals surface area contributed by atoms with Crippen LogP contribution in [0.15, 0.2) is 18.2 Å². The quantitative estimate of drug-likeness (QED) is 0.659. The normalized spacial score (nSPS) is 21.9. The number of rotatable bonds is 5. The fourth-order valence-electron chi connectivity index (χ4n) is 2.46. The van der Waals surface area contributed by atoms with Crippen LogP contribution in [0.1, 0.15) is 18.4 Å². The first-order valence-electron chi connectivity index (χ1n) is 6.23. The van der Waals surface area contributed by atoms with Gasteiger partial charge >= 0.3 is 0 Å². The van der Waals surface area contributed by atoms with Gasteiger partial charge in [0.1, 0.15) is 0 Å². The van der Waals surface area contributed by atoms with E-state index < -0.39 is 9.85 Å². The summed E-state index contributed by atoms with van der Waals surface area (Å²) in [4.78, 5) is 20.6. The lowest BCUT2D eigenvalue weighted by Gasteiger charge is -2.26. The van der Waals surface area contributed by atoms with Crippen LogP contribution in [0.5, 0.6) is 0 Å². The number of nitrogens with zero attached hydrogens (tertiary/aromatic N) is 2. The van der Waals surface area contributed by atoms with E-state index in [4.69, 9.17) is 5.73 Å². The van der Waals surface area contributed by atoms with Crippen LogP contribution in [0.3, 0.4) is 0 Å². The molecule has 2 N–H and O–H groups in total. The molecule has 2 rings (SSSR count). The van der Waals surface area contributed by atoms with Crippen LogP contribution < -0.4 is 5.73 Å². The van der Waals surface area contributed by atoms with E-state index >= 15 is 0 Å². The number of benzene rings is 1. The third-order valence-corrected chi connectivity index (χ3v) is 5.17. The zero-order chi connectivity index (χ0) is 14.8. The van der Waals surface area contributed by atoms with E-state index in [-0.39, 0.29) is 16.1 Å². The minimum absolute atomic E-state index is 0.180. The highest BCUT2D eigenvalue weighted by atomic mass is 32.2. The highest BCUT2D eigenvalue weighted by Gasteiger charge is 2.35. The Morgan fingerprint density at radius 3 is 2.55 bits per heavy atom. The largest absolute Gasteiger partial charge is 0.329 e. The van der Waals surface area contributed by atoms with Crippen LogP contribution >= 0.6 is 11.8 Å². The van der Waals surface area contributed by atoms with Gasteiger partial charge in [0.2, 0.25) is 0 Å². The third kappa shape index (κ3) is 2.91. The minimum atomic E-state index is -0.625. The van der Waals surface area contributed by atoms with E-state index in [1.54, 1.807) is 11.8 Å². The summed E-state index contributed by atoms with van der Waals surface area (Å²) in [7, 11) is 0. The average molecular weight is 297 g/mol. The molecule has 1 fully saturated rings. The van der Waals surface area contributed by atoms with Gasteiger partial charge in [-0.25, -0.2) is 0 Å². The molecule has 108 valence electrons. The third-order valence-electron chi connectivity index (χ3n) is 3.55. The average Bonchev–Trinajstić information content (AvgIpc) is 2.88. The summed E-state index contributed by atoms with van der Waals surface area (Å²) in [6, 6.07) is 3.82. The monoisotopic (exact) mass is 297 g/mol. The molecule has 0 spiro atoms. The zero-order valence-electron chi connectivity index (χ0n) is 10.8. The summed E-state index contributed by atoms with van der Waals surface area (Å²) < 4.78 is -0.180. The van der Waals surface area contributed by atoms with Crippen molar-refractivity contribution in [1.29, 1.82) is 0 Å². The maximum absolute atomic E-state index is 11.1. The minimum Gasteiger partial charge on any atom is -0.329 e. The van der Waals surface area contributed by atoms with E-state index in [1.807, 2.05) is 0 Å². The highest BCUT2D eigenvalue weighted by molar-refractivity contribution is 8.00. The van der Waals surface area contributed by atoms with Gasteiger partial charge in [-0.15, -0.1) is 0 Å². The summed E-state index contributed by atoms with van der Waals surface area (Å²) in [5.41, 5.74) is 5.88. The maximum atomic E-state index is 11.1. The number of nitro benzene ring substituents is 2. The van der Waals surface area contributed by atoms with E-state index in [1.165, 1.54) is 12.1 Å². The lowest BCUT2D eigenvalue weighted by atomic mass is 9.93. The van der Waals surface area contributed by atoms with Crippen molar-refractivity contribution in [2.24, 2.45) is 5.73 Å². The Kier molecular flexibility index (Phi) is 4.24. The lowest BCUT2D eigenvalue weighted by molar-refractivity contribution is -0.394. The van der Waals surface area contributed by atoms with Gasteiger partial charge in [-0.1, -0.05) is 0 Å². The molecule has 7 nitrogen and oxygen atoms in total. The number of thioether (sulfide) groups is 1. The molecule has 1 aromatic rings. The van der Waals surface area contributed by atoms with Gasteiger partial charge in [-0.3, -0.25) is 20.2 Å². The molecule has 1 aliphatic heterocycles. The van der Waals surface area contributed by atoms with Crippen molar-refractivity contribution in [3.8, 4) is 0 Å². The molecule has 0 radical (unpaired) electrons. The zero-order valence-corrected chi connectivity index (χ0v) is 11.6. The number of nitro groups is 2. The Labute approximate surface area is 119 Å². The molecule has 0 amide bonds. The van der Waals surface area contributed by atoms with Crippen LogP contribution in [-0.4, -0.2) is 26.9 Å². The number of nitrogens with two attached hydrogens (primary N) is 1. The molecule has 1 atom stereocenters. The molecule has 0 aromatic heterocycles. The van der Waals surface area contributed by atoms with Gasteiger partial charge in [-0.2, -0.15) is 11.8 Å². The first-order valence-corrected chi connectivity index (χ1v) is 7.22. The topological polar surface area (TPSA) is 112 Å². The first-order chi connectivity index (χ1) is 9.47. The Balaban J connectivity index is 2.35. The molecule has 0 aliphatic carbocycles. The van der Waals surface area contributed by atoms with Gasteiger partial charge in [0.05, 0.1) is 15.9 Å². The molecule has 0 bridgehead atoms. The Bertz CT molecular complexity index is 544. The molecule has 20 heavy (non-hydrogen) atoms. The van der Waals surface area contributed by atoms with Crippen LogP contribution in [0.25, 0.3) is 0 Å². The standard InChI is InChI=1S/C12H15N3O4S/c13-8-12(4-1-5-20-12)7-9-2-3-10(14(16)17)6-11(9)15(18)19/h2-3,6H,1,4-5,7-8,13H2. The fraction of sp³-hybridized carbons (Fsp3) is 0.500. The van der Waals surface area contributed by atoms with Crippen LogP contribution in [0, 0.1) is 20.2 Å². The van der Waals surface area contributed by atoms with E-state index in [2.05, 4.69) is 0 Å². The smallest absolute Gasteiger partial charge is 0.279 e. The summed E-state index contributed by atoms with van der Waals surface area (Å²) >= 11 is 1.73. The van der Waals surface area contributed by atoms with Crippen molar-refractivity contribution in [2.45, 2.75) is 24.0 Å². The van der Waals surface area contributed by atoms with Crippen molar-refractivity contribution in [3.05, 3.63) is 44.0 Å². The van der Waals surface area contributed by atoms with Crippen molar-refractivity contribution in [2.75, 3.05) is 12.3 Å². The van der Waals surface area contributed by atoms with Crippen LogP contribution in [-0.2, 0) is 6.42 Å². The Morgan fingerprint density at radius 2 is 2.05 bits per heavy atom.